The summed E-state index contributed by atoms with van der Waals surface area (Å²) in [5, 5.41) is 0. The summed E-state index contributed by atoms with van der Waals surface area (Å²) < 4.78 is 0. The molecule has 0 aromatic heterocycles. The van der Waals surface area contributed by atoms with Crippen LogP contribution < -0.4 is 0 Å². The Bertz CT molecular complexity index is 693. The predicted octanol–water partition coefficient (Wildman–Crippen LogP) is 5.49. The molecule has 2 aromatic carbocycles. The average molecular weight is 306 g/mol. The maximum Gasteiger partial charge on any atom is 0.156 e. The third-order valence-corrected chi connectivity index (χ3v) is 4.27. The van der Waals surface area contributed by atoms with Gasteiger partial charge in [0.15, 0.2) is 5.78 Å². The van der Waals surface area contributed by atoms with Gasteiger partial charge in [0.25, 0.3) is 0 Å². The summed E-state index contributed by atoms with van der Waals surface area (Å²) in [7, 11) is 0. The van der Waals surface area contributed by atoms with Gasteiger partial charge in [0.05, 0.1) is 0 Å². The van der Waals surface area contributed by atoms with Gasteiger partial charge in [-0.1, -0.05) is 68.4 Å². The summed E-state index contributed by atoms with van der Waals surface area (Å²) in [6.45, 7) is 7.89. The molecule has 2 aromatic rings. The highest BCUT2D eigenvalue weighted by Crippen LogP contribution is 2.25. The second kappa shape index (κ2) is 7.92. The van der Waals surface area contributed by atoms with Crippen LogP contribution in [0.15, 0.2) is 60.2 Å². The zero-order valence-corrected chi connectivity index (χ0v) is 14.6. The molecule has 2 rings (SSSR count). The number of hydrogen-bond donors (Lipinski definition) is 0. The smallest absolute Gasteiger partial charge is 0.156 e. The number of benzene rings is 2. The van der Waals surface area contributed by atoms with E-state index in [9.17, 15) is 4.79 Å². The molecule has 0 saturated carbocycles. The largest absolute Gasteiger partial charge is 0.295 e. The van der Waals surface area contributed by atoms with Crippen molar-refractivity contribution in [2.75, 3.05) is 0 Å². The van der Waals surface area contributed by atoms with Gasteiger partial charge in [-0.3, -0.25) is 4.79 Å². The molecule has 0 radical (unpaired) electrons. The summed E-state index contributed by atoms with van der Waals surface area (Å²) in [5.74, 6) is 0.424. The number of allylic oxidation sites excluding steroid dienone is 2. The topological polar surface area (TPSA) is 17.1 Å². The fourth-order valence-electron chi connectivity index (χ4n) is 3.15. The van der Waals surface area contributed by atoms with E-state index >= 15 is 0 Å². The quantitative estimate of drug-likeness (QED) is 0.645. The molecule has 1 nitrogen and oxygen atoms in total. The van der Waals surface area contributed by atoms with E-state index in [0.717, 1.165) is 29.6 Å². The minimum absolute atomic E-state index is 0.173. The van der Waals surface area contributed by atoms with Gasteiger partial charge in [-0.15, -0.1) is 0 Å². The molecular formula is C22H26O. The van der Waals surface area contributed by atoms with Gasteiger partial charge in [-0.05, 0) is 54.9 Å². The van der Waals surface area contributed by atoms with Gasteiger partial charge in [0.2, 0.25) is 0 Å². The standard InChI is InChI=1S/C22H26O/c1-16(2)22(18(4)23)17(3)21-12-8-11-20(15-21)14-13-19-9-6-5-7-10-19/h5-12,15-16H,13-14H2,1-4H3. The normalized spacial score (nSPS) is 12.2. The van der Waals surface area contributed by atoms with E-state index in [4.69, 9.17) is 0 Å². The highest BCUT2D eigenvalue weighted by Gasteiger charge is 2.13. The Balaban J connectivity index is 2.22. The predicted molar refractivity (Wildman–Crippen MR) is 98.4 cm³/mol. The lowest BCUT2D eigenvalue weighted by Crippen LogP contribution is -2.07. The Morgan fingerprint density at radius 3 is 2.09 bits per heavy atom. The van der Waals surface area contributed by atoms with Crippen LogP contribution in [0.1, 0.15) is 44.4 Å². The Morgan fingerprint density at radius 2 is 1.48 bits per heavy atom. The summed E-state index contributed by atoms with van der Waals surface area (Å²) in [4.78, 5) is 11.9. The molecule has 0 aliphatic rings. The first-order chi connectivity index (χ1) is 11.0. The minimum Gasteiger partial charge on any atom is -0.295 e. The number of rotatable bonds is 6. The molecular weight excluding hydrogens is 280 g/mol. The fraction of sp³-hybridized carbons (Fsp3) is 0.318. The Labute approximate surface area is 140 Å². The van der Waals surface area contributed by atoms with Crippen molar-refractivity contribution in [3.63, 3.8) is 0 Å². The van der Waals surface area contributed by atoms with Crippen molar-refractivity contribution < 1.29 is 4.79 Å². The molecule has 0 N–H and O–H groups in total. The zero-order chi connectivity index (χ0) is 16.8. The molecule has 0 bridgehead atoms. The van der Waals surface area contributed by atoms with Crippen LogP contribution in [0.3, 0.4) is 0 Å². The third kappa shape index (κ3) is 4.66. The van der Waals surface area contributed by atoms with Crippen molar-refractivity contribution in [1.82, 2.24) is 0 Å². The highest BCUT2D eigenvalue weighted by atomic mass is 16.1. The van der Waals surface area contributed by atoms with Crippen LogP contribution in [0.25, 0.3) is 5.57 Å². The van der Waals surface area contributed by atoms with Gasteiger partial charge < -0.3 is 0 Å². The lowest BCUT2D eigenvalue weighted by atomic mass is 9.90. The van der Waals surface area contributed by atoms with Crippen molar-refractivity contribution in [2.24, 2.45) is 5.92 Å². The lowest BCUT2D eigenvalue weighted by molar-refractivity contribution is -0.113. The number of aryl methyl sites for hydroxylation is 2. The molecule has 0 fully saturated rings. The van der Waals surface area contributed by atoms with Gasteiger partial charge in [0, 0.05) is 5.57 Å². The van der Waals surface area contributed by atoms with Gasteiger partial charge in [-0.25, -0.2) is 0 Å². The molecule has 0 aliphatic heterocycles. The SMILES string of the molecule is CC(=O)C(=C(C)c1cccc(CCc2ccccc2)c1)C(C)C. The van der Waals surface area contributed by atoms with Crippen LogP contribution in [0.4, 0.5) is 0 Å². The first-order valence-corrected chi connectivity index (χ1v) is 8.34. The molecule has 0 amide bonds. The van der Waals surface area contributed by atoms with Crippen LogP contribution >= 0.6 is 0 Å². The summed E-state index contributed by atoms with van der Waals surface area (Å²) >= 11 is 0. The second-order valence-electron chi connectivity index (χ2n) is 6.44. The maximum absolute atomic E-state index is 11.9. The summed E-state index contributed by atoms with van der Waals surface area (Å²) in [6.07, 6.45) is 2.05. The molecule has 0 spiro atoms. The number of hydrogen-bond acceptors (Lipinski definition) is 1. The minimum atomic E-state index is 0.173. The fourth-order valence-corrected chi connectivity index (χ4v) is 3.15. The van der Waals surface area contributed by atoms with Crippen molar-refractivity contribution >= 4 is 11.4 Å². The Hall–Kier alpha value is -2.15. The maximum atomic E-state index is 11.9. The highest BCUT2D eigenvalue weighted by molar-refractivity contribution is 6.01. The summed E-state index contributed by atoms with van der Waals surface area (Å²) in [6, 6.07) is 19.1. The molecule has 23 heavy (non-hydrogen) atoms. The van der Waals surface area contributed by atoms with E-state index in [1.54, 1.807) is 6.92 Å². The van der Waals surface area contributed by atoms with Gasteiger partial charge in [-0.2, -0.15) is 0 Å². The summed E-state index contributed by atoms with van der Waals surface area (Å²) in [5.41, 5.74) is 5.88. The van der Waals surface area contributed by atoms with E-state index in [2.05, 4.69) is 69.3 Å². The molecule has 1 heteroatoms. The Kier molecular flexibility index (Phi) is 5.92. The first kappa shape index (κ1) is 17.2. The van der Waals surface area contributed by atoms with Crippen LogP contribution in [-0.2, 0) is 17.6 Å². The van der Waals surface area contributed by atoms with Crippen molar-refractivity contribution in [2.45, 2.75) is 40.5 Å². The molecule has 120 valence electrons. The lowest BCUT2D eigenvalue weighted by Gasteiger charge is -2.14. The molecule has 0 atom stereocenters. The number of carbonyl (C=O) groups excluding carboxylic acids is 1. The van der Waals surface area contributed by atoms with Crippen LogP contribution in [0.5, 0.6) is 0 Å². The van der Waals surface area contributed by atoms with E-state index in [-0.39, 0.29) is 11.7 Å². The van der Waals surface area contributed by atoms with Crippen molar-refractivity contribution in [3.8, 4) is 0 Å². The van der Waals surface area contributed by atoms with Gasteiger partial charge >= 0.3 is 0 Å². The van der Waals surface area contributed by atoms with Crippen LogP contribution in [0, 0.1) is 5.92 Å². The second-order valence-corrected chi connectivity index (χ2v) is 6.44. The Morgan fingerprint density at radius 1 is 0.870 bits per heavy atom. The molecule has 0 aliphatic carbocycles. The number of Topliss-reactive ketones (excluding diaryl/α,β-unsaturated/α-hetero) is 1. The molecule has 0 saturated heterocycles. The van der Waals surface area contributed by atoms with Crippen molar-refractivity contribution in [1.29, 1.82) is 0 Å². The average Bonchev–Trinajstić information content (AvgIpc) is 2.53. The number of ketones is 1. The van der Waals surface area contributed by atoms with Crippen LogP contribution in [-0.4, -0.2) is 5.78 Å². The molecule has 0 heterocycles. The van der Waals surface area contributed by atoms with E-state index in [1.807, 2.05) is 6.07 Å². The zero-order valence-electron chi connectivity index (χ0n) is 14.6. The number of carbonyl (C=O) groups is 1. The monoisotopic (exact) mass is 306 g/mol. The van der Waals surface area contributed by atoms with Gasteiger partial charge in [0.1, 0.15) is 0 Å². The first-order valence-electron chi connectivity index (χ1n) is 8.34. The van der Waals surface area contributed by atoms with Crippen LogP contribution in [0.2, 0.25) is 0 Å². The van der Waals surface area contributed by atoms with Crippen molar-refractivity contribution in [3.05, 3.63) is 76.9 Å². The molecule has 0 unspecified atom stereocenters. The van der Waals surface area contributed by atoms with E-state index < -0.39 is 0 Å². The van der Waals surface area contributed by atoms with E-state index in [1.165, 1.54) is 11.1 Å². The third-order valence-electron chi connectivity index (χ3n) is 4.27. The van der Waals surface area contributed by atoms with E-state index in [0.29, 0.717) is 0 Å².